The van der Waals surface area contributed by atoms with Crippen LogP contribution >= 0.6 is 0 Å². The Labute approximate surface area is 120 Å². The van der Waals surface area contributed by atoms with Gasteiger partial charge in [0.25, 0.3) is 0 Å². The molecule has 0 spiro atoms. The highest BCUT2D eigenvalue weighted by atomic mass is 14.3. The average Bonchev–Trinajstić information content (AvgIpc) is 2.34. The fourth-order valence-electron chi connectivity index (χ4n) is 3.31. The van der Waals surface area contributed by atoms with Crippen LogP contribution in [0.5, 0.6) is 0 Å². The van der Waals surface area contributed by atoms with Gasteiger partial charge in [0.15, 0.2) is 0 Å². The Morgan fingerprint density at radius 2 is 1.53 bits per heavy atom. The highest BCUT2D eigenvalue weighted by molar-refractivity contribution is 5.30. The van der Waals surface area contributed by atoms with Crippen molar-refractivity contribution < 1.29 is 0 Å². The van der Waals surface area contributed by atoms with Gasteiger partial charge in [-0.15, -0.1) is 0 Å². The Hall–Kier alpha value is -0.780. The van der Waals surface area contributed by atoms with Gasteiger partial charge in [0.05, 0.1) is 0 Å². The molecule has 0 nitrogen and oxygen atoms in total. The Bertz CT molecular complexity index is 362. The van der Waals surface area contributed by atoms with Crippen LogP contribution in [0.4, 0.5) is 0 Å². The summed E-state index contributed by atoms with van der Waals surface area (Å²) in [5, 5.41) is 0. The zero-order valence-electron chi connectivity index (χ0n) is 13.7. The molecule has 0 N–H and O–H groups in total. The van der Waals surface area contributed by atoms with Gasteiger partial charge in [0.2, 0.25) is 0 Å². The van der Waals surface area contributed by atoms with E-state index in [9.17, 15) is 0 Å². The van der Waals surface area contributed by atoms with E-state index >= 15 is 0 Å². The molecule has 0 aliphatic heterocycles. The molecule has 0 amide bonds. The lowest BCUT2D eigenvalue weighted by Gasteiger charge is -2.27. The van der Waals surface area contributed by atoms with Crippen molar-refractivity contribution in [3.8, 4) is 0 Å². The quantitative estimate of drug-likeness (QED) is 0.559. The molecule has 0 saturated heterocycles. The highest BCUT2D eigenvalue weighted by Gasteiger charge is 2.21. The molecule has 0 aromatic heterocycles. The molecule has 0 bridgehead atoms. The third-order valence-electron chi connectivity index (χ3n) is 4.17. The van der Waals surface area contributed by atoms with Crippen LogP contribution in [0.2, 0.25) is 0 Å². The summed E-state index contributed by atoms with van der Waals surface area (Å²) in [7, 11) is 0. The van der Waals surface area contributed by atoms with Crippen molar-refractivity contribution >= 4 is 0 Å². The Morgan fingerprint density at radius 1 is 0.895 bits per heavy atom. The minimum Gasteiger partial charge on any atom is -0.0628 e. The fourth-order valence-corrected chi connectivity index (χ4v) is 3.31. The van der Waals surface area contributed by atoms with Gasteiger partial charge in [-0.25, -0.2) is 0 Å². The molecule has 1 aromatic rings. The summed E-state index contributed by atoms with van der Waals surface area (Å²) in [6.45, 7) is 14.1. The summed E-state index contributed by atoms with van der Waals surface area (Å²) >= 11 is 0. The Morgan fingerprint density at radius 3 is 2.05 bits per heavy atom. The van der Waals surface area contributed by atoms with Crippen LogP contribution in [0.25, 0.3) is 0 Å². The molecule has 1 aromatic carbocycles. The molecular formula is C19H32. The zero-order valence-corrected chi connectivity index (χ0v) is 13.7. The third kappa shape index (κ3) is 5.01. The molecule has 0 heteroatoms. The van der Waals surface area contributed by atoms with Crippen LogP contribution in [-0.4, -0.2) is 0 Å². The SMILES string of the molecule is CCc1ccccc1C(C[C@@H](C)CC(C)C)C(C)C. The lowest BCUT2D eigenvalue weighted by atomic mass is 9.78. The predicted octanol–water partition coefficient (Wildman–Crippen LogP) is 6.06. The van der Waals surface area contributed by atoms with Crippen LogP contribution in [0.15, 0.2) is 24.3 Å². The van der Waals surface area contributed by atoms with Gasteiger partial charge < -0.3 is 0 Å². The second-order valence-electron chi connectivity index (χ2n) is 6.87. The van der Waals surface area contributed by atoms with Gasteiger partial charge in [-0.1, -0.05) is 65.8 Å². The smallest absolute Gasteiger partial charge is 0.0134 e. The number of benzene rings is 1. The molecule has 0 heterocycles. The van der Waals surface area contributed by atoms with E-state index in [1.165, 1.54) is 18.4 Å². The molecule has 0 radical (unpaired) electrons. The third-order valence-corrected chi connectivity index (χ3v) is 4.17. The van der Waals surface area contributed by atoms with Crippen LogP contribution < -0.4 is 0 Å². The van der Waals surface area contributed by atoms with E-state index in [-0.39, 0.29) is 0 Å². The molecule has 0 aliphatic rings. The van der Waals surface area contributed by atoms with E-state index in [0.717, 1.165) is 24.2 Å². The first-order valence-corrected chi connectivity index (χ1v) is 8.03. The molecule has 2 atom stereocenters. The summed E-state index contributed by atoms with van der Waals surface area (Å²) in [5.74, 6) is 3.06. The second kappa shape index (κ2) is 7.72. The van der Waals surface area contributed by atoms with Crippen LogP contribution in [-0.2, 0) is 6.42 Å². The van der Waals surface area contributed by atoms with E-state index in [4.69, 9.17) is 0 Å². The van der Waals surface area contributed by atoms with Crippen molar-refractivity contribution in [3.63, 3.8) is 0 Å². The van der Waals surface area contributed by atoms with Crippen LogP contribution in [0.3, 0.4) is 0 Å². The normalized spacial score (nSPS) is 14.9. The van der Waals surface area contributed by atoms with Crippen molar-refractivity contribution in [1.29, 1.82) is 0 Å². The van der Waals surface area contributed by atoms with Gasteiger partial charge >= 0.3 is 0 Å². The predicted molar refractivity (Wildman–Crippen MR) is 86.6 cm³/mol. The zero-order chi connectivity index (χ0) is 14.4. The summed E-state index contributed by atoms with van der Waals surface area (Å²) in [6.07, 6.45) is 3.82. The molecule has 108 valence electrons. The number of rotatable bonds is 7. The van der Waals surface area contributed by atoms with Crippen LogP contribution in [0.1, 0.15) is 71.4 Å². The van der Waals surface area contributed by atoms with Crippen molar-refractivity contribution in [1.82, 2.24) is 0 Å². The summed E-state index contributed by atoms with van der Waals surface area (Å²) in [4.78, 5) is 0. The van der Waals surface area contributed by atoms with Gasteiger partial charge in [-0.05, 0) is 54.1 Å². The summed E-state index contributed by atoms with van der Waals surface area (Å²) < 4.78 is 0. The minimum atomic E-state index is 0.713. The monoisotopic (exact) mass is 260 g/mol. The minimum absolute atomic E-state index is 0.713. The molecule has 0 aliphatic carbocycles. The van der Waals surface area contributed by atoms with E-state index in [2.05, 4.69) is 65.8 Å². The first-order chi connectivity index (χ1) is 8.95. The molecule has 0 fully saturated rings. The van der Waals surface area contributed by atoms with E-state index in [1.807, 2.05) is 0 Å². The number of hydrogen-bond donors (Lipinski definition) is 0. The lowest BCUT2D eigenvalue weighted by molar-refractivity contribution is 0.344. The van der Waals surface area contributed by atoms with E-state index in [1.54, 1.807) is 5.56 Å². The maximum absolute atomic E-state index is 2.42. The Kier molecular flexibility index (Phi) is 6.62. The second-order valence-corrected chi connectivity index (χ2v) is 6.87. The van der Waals surface area contributed by atoms with Crippen molar-refractivity contribution in [2.75, 3.05) is 0 Å². The van der Waals surface area contributed by atoms with Crippen molar-refractivity contribution in [3.05, 3.63) is 35.4 Å². The van der Waals surface area contributed by atoms with Gasteiger partial charge in [0, 0.05) is 0 Å². The lowest BCUT2D eigenvalue weighted by Crippen LogP contribution is -2.14. The van der Waals surface area contributed by atoms with E-state index in [0.29, 0.717) is 5.92 Å². The maximum Gasteiger partial charge on any atom is -0.0134 e. The topological polar surface area (TPSA) is 0 Å². The molecule has 1 unspecified atom stereocenters. The number of aryl methyl sites for hydroxylation is 1. The Balaban J connectivity index is 2.88. The van der Waals surface area contributed by atoms with Crippen molar-refractivity contribution in [2.24, 2.45) is 17.8 Å². The average molecular weight is 260 g/mol. The largest absolute Gasteiger partial charge is 0.0628 e. The molecule has 19 heavy (non-hydrogen) atoms. The first kappa shape index (κ1) is 16.3. The standard InChI is InChI=1S/C19H32/c1-7-17-10-8-9-11-18(17)19(15(4)5)13-16(6)12-14(2)3/h8-11,14-16,19H,7,12-13H2,1-6H3/t16-,19?/m0/s1. The van der Waals surface area contributed by atoms with Crippen molar-refractivity contribution in [2.45, 2.75) is 66.7 Å². The fraction of sp³-hybridized carbons (Fsp3) is 0.684. The van der Waals surface area contributed by atoms with Gasteiger partial charge in [-0.2, -0.15) is 0 Å². The first-order valence-electron chi connectivity index (χ1n) is 8.03. The van der Waals surface area contributed by atoms with Gasteiger partial charge in [0.1, 0.15) is 0 Å². The van der Waals surface area contributed by atoms with E-state index < -0.39 is 0 Å². The highest BCUT2D eigenvalue weighted by Crippen LogP contribution is 2.34. The maximum atomic E-state index is 2.42. The molecule has 0 saturated carbocycles. The van der Waals surface area contributed by atoms with Gasteiger partial charge in [-0.3, -0.25) is 0 Å². The number of hydrogen-bond acceptors (Lipinski definition) is 0. The summed E-state index contributed by atoms with van der Waals surface area (Å²) in [5.41, 5.74) is 3.13. The summed E-state index contributed by atoms with van der Waals surface area (Å²) in [6, 6.07) is 9.04. The molecule has 1 rings (SSSR count). The van der Waals surface area contributed by atoms with Crippen LogP contribution in [0, 0.1) is 17.8 Å². The molecular weight excluding hydrogens is 228 g/mol.